The molecule has 0 unspecified atom stereocenters. The van der Waals surface area contributed by atoms with Crippen molar-refractivity contribution < 1.29 is 17.6 Å². The fourth-order valence-electron chi connectivity index (χ4n) is 2.23. The number of benzene rings is 1. The molecule has 132 valence electrons. The van der Waals surface area contributed by atoms with E-state index in [-0.39, 0.29) is 23.7 Å². The van der Waals surface area contributed by atoms with E-state index in [1.807, 2.05) is 0 Å². The van der Waals surface area contributed by atoms with Crippen LogP contribution in [0.4, 0.5) is 23.4 Å². The quantitative estimate of drug-likeness (QED) is 0.832. The number of nitrogens with one attached hydrogen (secondary N) is 1. The van der Waals surface area contributed by atoms with E-state index in [1.165, 1.54) is 12.1 Å². The number of alkyl halides is 3. The zero-order valence-electron chi connectivity index (χ0n) is 13.7. The molecule has 1 N–H and O–H groups in total. The summed E-state index contributed by atoms with van der Waals surface area (Å²) in [5.41, 5.74) is 0.0631. The summed E-state index contributed by atoms with van der Waals surface area (Å²) < 4.78 is 52.1. The minimum Gasteiger partial charge on any atom is -0.365 e. The molecule has 0 radical (unpaired) electrons. The van der Waals surface area contributed by atoms with E-state index >= 15 is 0 Å². The van der Waals surface area contributed by atoms with Crippen molar-refractivity contribution in [1.29, 1.82) is 5.26 Å². The third-order valence-corrected chi connectivity index (χ3v) is 3.36. The van der Waals surface area contributed by atoms with Crippen LogP contribution in [0.15, 0.2) is 30.3 Å². The monoisotopic (exact) mass is 352 g/mol. The number of hydrogen-bond acceptors (Lipinski definition) is 4. The van der Waals surface area contributed by atoms with Crippen LogP contribution in [-0.4, -0.2) is 24.0 Å². The van der Waals surface area contributed by atoms with Gasteiger partial charge in [0.25, 0.3) is 0 Å². The van der Waals surface area contributed by atoms with E-state index in [1.54, 1.807) is 31.1 Å². The summed E-state index contributed by atoms with van der Waals surface area (Å²) in [6.45, 7) is 0.509. The molecular formula is C17H16F4N4. The number of nitrogens with zero attached hydrogens (tertiary/aromatic N) is 3. The van der Waals surface area contributed by atoms with Crippen molar-refractivity contribution in [2.24, 2.45) is 0 Å². The van der Waals surface area contributed by atoms with Gasteiger partial charge in [-0.3, -0.25) is 0 Å². The molecule has 0 aliphatic rings. The van der Waals surface area contributed by atoms with Gasteiger partial charge in [-0.1, -0.05) is 6.07 Å². The minimum absolute atomic E-state index is 0.00336. The van der Waals surface area contributed by atoms with Gasteiger partial charge in [-0.25, -0.2) is 9.37 Å². The fraction of sp³-hybridized carbons (Fsp3) is 0.294. The predicted molar refractivity (Wildman–Crippen MR) is 85.1 cm³/mol. The summed E-state index contributed by atoms with van der Waals surface area (Å²) in [6.07, 6.45) is -4.60. The predicted octanol–water partition coefficient (Wildman–Crippen LogP) is 3.78. The normalized spacial score (nSPS) is 11.4. The number of halogens is 4. The SMILES string of the molecule is CN(C)Cc1cc(CNc2nc(C(F)(F)F)ccc2C#N)ccc1F. The van der Waals surface area contributed by atoms with Gasteiger partial charge in [-0.2, -0.15) is 18.4 Å². The maximum absolute atomic E-state index is 13.8. The molecule has 1 heterocycles. The zero-order valence-corrected chi connectivity index (χ0v) is 13.7. The first-order chi connectivity index (χ1) is 11.7. The zero-order chi connectivity index (χ0) is 18.6. The van der Waals surface area contributed by atoms with Gasteiger partial charge >= 0.3 is 6.18 Å². The van der Waals surface area contributed by atoms with Gasteiger partial charge in [0, 0.05) is 18.7 Å². The van der Waals surface area contributed by atoms with E-state index in [4.69, 9.17) is 5.26 Å². The van der Waals surface area contributed by atoms with Gasteiger partial charge < -0.3 is 10.2 Å². The van der Waals surface area contributed by atoms with Crippen molar-refractivity contribution in [2.45, 2.75) is 19.3 Å². The van der Waals surface area contributed by atoms with Crippen LogP contribution in [0.3, 0.4) is 0 Å². The van der Waals surface area contributed by atoms with Gasteiger partial charge in [-0.05, 0) is 43.9 Å². The van der Waals surface area contributed by atoms with Crippen LogP contribution in [0.2, 0.25) is 0 Å². The topological polar surface area (TPSA) is 52.0 Å². The van der Waals surface area contributed by atoms with Crippen LogP contribution in [0.25, 0.3) is 0 Å². The molecule has 4 nitrogen and oxygen atoms in total. The van der Waals surface area contributed by atoms with Gasteiger partial charge in [0.05, 0.1) is 5.56 Å². The average Bonchev–Trinajstić information content (AvgIpc) is 2.54. The second-order valence-electron chi connectivity index (χ2n) is 5.72. The third kappa shape index (κ3) is 4.90. The fourth-order valence-corrected chi connectivity index (χ4v) is 2.23. The lowest BCUT2D eigenvalue weighted by Crippen LogP contribution is -2.13. The van der Waals surface area contributed by atoms with Crippen molar-refractivity contribution in [1.82, 2.24) is 9.88 Å². The first-order valence-corrected chi connectivity index (χ1v) is 7.35. The van der Waals surface area contributed by atoms with Crippen molar-refractivity contribution in [3.63, 3.8) is 0 Å². The Hall–Kier alpha value is -2.66. The summed E-state index contributed by atoms with van der Waals surface area (Å²) in [5.74, 6) is -0.511. The Balaban J connectivity index is 2.22. The molecule has 0 atom stereocenters. The van der Waals surface area contributed by atoms with Crippen LogP contribution in [0.5, 0.6) is 0 Å². The first kappa shape index (κ1) is 18.7. The average molecular weight is 352 g/mol. The highest BCUT2D eigenvalue weighted by Gasteiger charge is 2.33. The lowest BCUT2D eigenvalue weighted by molar-refractivity contribution is -0.141. The lowest BCUT2D eigenvalue weighted by atomic mass is 10.1. The van der Waals surface area contributed by atoms with Gasteiger partial charge in [0.15, 0.2) is 0 Å². The Labute approximate surface area is 142 Å². The summed E-state index contributed by atoms with van der Waals surface area (Å²) >= 11 is 0. The van der Waals surface area contributed by atoms with Crippen LogP contribution < -0.4 is 5.32 Å². The highest BCUT2D eigenvalue weighted by Crippen LogP contribution is 2.29. The first-order valence-electron chi connectivity index (χ1n) is 7.35. The number of anilines is 1. The number of pyridine rings is 1. The molecule has 1 aromatic heterocycles. The highest BCUT2D eigenvalue weighted by molar-refractivity contribution is 5.52. The lowest BCUT2D eigenvalue weighted by Gasteiger charge is -2.14. The van der Waals surface area contributed by atoms with E-state index in [2.05, 4.69) is 10.3 Å². The molecule has 0 spiro atoms. The smallest absolute Gasteiger partial charge is 0.365 e. The minimum atomic E-state index is -4.60. The Morgan fingerprint density at radius 3 is 2.52 bits per heavy atom. The summed E-state index contributed by atoms with van der Waals surface area (Å²) in [6, 6.07) is 8.09. The molecule has 1 aromatic carbocycles. The molecule has 25 heavy (non-hydrogen) atoms. The highest BCUT2D eigenvalue weighted by atomic mass is 19.4. The van der Waals surface area contributed by atoms with Crippen molar-refractivity contribution >= 4 is 5.82 Å². The van der Waals surface area contributed by atoms with Crippen molar-refractivity contribution in [2.75, 3.05) is 19.4 Å². The molecule has 0 amide bonds. The van der Waals surface area contributed by atoms with Crippen LogP contribution in [-0.2, 0) is 19.3 Å². The van der Waals surface area contributed by atoms with Crippen LogP contribution in [0, 0.1) is 17.1 Å². The van der Waals surface area contributed by atoms with Gasteiger partial charge in [0.2, 0.25) is 0 Å². The molecule has 0 bridgehead atoms. The Kier molecular flexibility index (Phi) is 5.59. The van der Waals surface area contributed by atoms with Crippen molar-refractivity contribution in [3.05, 3.63) is 58.5 Å². The molecule has 0 aliphatic carbocycles. The molecule has 8 heteroatoms. The molecule has 0 saturated heterocycles. The summed E-state index contributed by atoms with van der Waals surface area (Å²) in [4.78, 5) is 5.28. The Morgan fingerprint density at radius 1 is 1.20 bits per heavy atom. The number of aromatic nitrogens is 1. The summed E-state index contributed by atoms with van der Waals surface area (Å²) in [7, 11) is 3.60. The van der Waals surface area contributed by atoms with Crippen LogP contribution >= 0.6 is 0 Å². The summed E-state index contributed by atoms with van der Waals surface area (Å²) in [5, 5.41) is 11.7. The standard InChI is InChI=1S/C17H16F4N4/c1-25(2)10-13-7-11(3-5-14(13)18)9-23-16-12(8-22)4-6-15(24-16)17(19,20)21/h3-7H,9-10H2,1-2H3,(H,23,24). The Bertz CT molecular complexity index is 794. The number of hydrogen-bond donors (Lipinski definition) is 1. The number of rotatable bonds is 5. The van der Waals surface area contributed by atoms with Crippen molar-refractivity contribution in [3.8, 4) is 6.07 Å². The molecule has 2 rings (SSSR count). The molecule has 2 aromatic rings. The largest absolute Gasteiger partial charge is 0.433 e. The maximum atomic E-state index is 13.8. The van der Waals surface area contributed by atoms with E-state index in [9.17, 15) is 17.6 Å². The molecule has 0 fully saturated rings. The number of nitriles is 1. The molecule has 0 saturated carbocycles. The molecular weight excluding hydrogens is 336 g/mol. The van der Waals surface area contributed by atoms with E-state index < -0.39 is 11.9 Å². The van der Waals surface area contributed by atoms with E-state index in [0.29, 0.717) is 17.7 Å². The van der Waals surface area contributed by atoms with Gasteiger partial charge in [0.1, 0.15) is 23.4 Å². The third-order valence-electron chi connectivity index (χ3n) is 3.36. The maximum Gasteiger partial charge on any atom is 0.433 e. The Morgan fingerprint density at radius 2 is 1.92 bits per heavy atom. The van der Waals surface area contributed by atoms with Gasteiger partial charge in [-0.15, -0.1) is 0 Å². The van der Waals surface area contributed by atoms with Crippen LogP contribution in [0.1, 0.15) is 22.4 Å². The second-order valence-corrected chi connectivity index (χ2v) is 5.72. The van der Waals surface area contributed by atoms with E-state index in [0.717, 1.165) is 12.1 Å². The second kappa shape index (κ2) is 7.49. The molecule has 0 aliphatic heterocycles.